The van der Waals surface area contributed by atoms with Crippen LogP contribution in [0.1, 0.15) is 126 Å². The number of hydrogen-bond acceptors (Lipinski definition) is 0. The predicted molar refractivity (Wildman–Crippen MR) is 238 cm³/mol. The van der Waals surface area contributed by atoms with Crippen molar-refractivity contribution < 1.29 is 22.3 Å². The van der Waals surface area contributed by atoms with Gasteiger partial charge in [0.2, 0.25) is 0 Å². The van der Waals surface area contributed by atoms with Gasteiger partial charge in [-0.1, -0.05) is 129 Å². The number of halogens is 4. The molecule has 0 unspecified atom stereocenters. The number of fused-ring (bicyclic) bond motifs is 3. The van der Waals surface area contributed by atoms with Crippen LogP contribution in [-0.4, -0.2) is 7.42 Å². The number of benzene rings is 4. The second kappa shape index (κ2) is 20.3. The van der Waals surface area contributed by atoms with Gasteiger partial charge in [-0.25, -0.2) is 6.07 Å². The summed E-state index contributed by atoms with van der Waals surface area (Å²) in [6.07, 6.45) is 3.34. The minimum atomic E-state index is -0.623. The number of rotatable bonds is 4. The zero-order valence-corrected chi connectivity index (χ0v) is 39.1. The second-order valence-electron chi connectivity index (χ2n) is 16.6. The summed E-state index contributed by atoms with van der Waals surface area (Å²) < 4.78 is 4.66. The summed E-state index contributed by atoms with van der Waals surface area (Å²) in [5.41, 5.74) is 16.1. The Kier molecular flexibility index (Phi) is 18.0. The monoisotopic (exact) mass is 864 g/mol. The summed E-state index contributed by atoms with van der Waals surface area (Å²) in [7, 11) is 0. The molecule has 0 fully saturated rings. The standard InChI is InChI=1S/C21H25.C13H21.2C7H5Cl.2ClH.Zr/c1-20(2,3)16-9-7-14-11-15-8-10-17(21(4,5)6)13-19(15)18(14)12-16;1-6-10-8-11(7-2)12(9-10)13(3,4)5;2*1-6-2-4-7(8)5-3-6;;;/h7,9-10,12-13H,11H2,1-6H3;8-9H,6-7H2,1-5H3;2*1-5H;2*1H;/q2*-1;;;;;. The number of hydrogen-bond donors (Lipinski definition) is 0. The Labute approximate surface area is 354 Å². The first-order valence-electron chi connectivity index (χ1n) is 18.3. The van der Waals surface area contributed by atoms with Gasteiger partial charge < -0.3 is 0 Å². The van der Waals surface area contributed by atoms with E-state index in [1.807, 2.05) is 24.3 Å². The van der Waals surface area contributed by atoms with Gasteiger partial charge in [-0.05, 0) is 17.4 Å². The average Bonchev–Trinajstić information content (AvgIpc) is 3.67. The van der Waals surface area contributed by atoms with Gasteiger partial charge in [-0.2, -0.15) is 52.1 Å². The van der Waals surface area contributed by atoms with Crippen molar-refractivity contribution in [1.29, 1.82) is 0 Å². The van der Waals surface area contributed by atoms with Crippen LogP contribution in [0.5, 0.6) is 0 Å². The zero-order chi connectivity index (χ0) is 37.6. The molecule has 1 aliphatic rings. The van der Waals surface area contributed by atoms with Crippen molar-refractivity contribution in [2.75, 3.05) is 0 Å². The molecule has 0 bridgehead atoms. The van der Waals surface area contributed by atoms with E-state index in [2.05, 4.69) is 156 Å². The van der Waals surface area contributed by atoms with Crippen LogP contribution in [0.4, 0.5) is 0 Å². The fraction of sp³-hybridized carbons (Fsp3) is 0.354. The van der Waals surface area contributed by atoms with Crippen molar-refractivity contribution in [2.45, 2.75) is 112 Å². The van der Waals surface area contributed by atoms with Crippen LogP contribution in [-0.2, 0) is 57.8 Å². The van der Waals surface area contributed by atoms with Crippen molar-refractivity contribution in [2.24, 2.45) is 0 Å². The molecule has 1 aliphatic carbocycles. The SMILES string of the molecule is CC(C)(C)c1c[c-]c2c(c1)-c1cc(C(C)(C)C)ccc1C2.CCc1cc(C(C)(C)C)c(CC)[cH-]1.Cl.Cl.Clc1ccc([CH]=[Zr]=[CH]c2ccc(Cl)cc2)cc1. The van der Waals surface area contributed by atoms with Gasteiger partial charge in [0, 0.05) is 0 Å². The number of aryl methyl sites for hydroxylation is 2. The molecule has 0 aromatic heterocycles. The van der Waals surface area contributed by atoms with Crippen LogP contribution in [0, 0.1) is 6.07 Å². The van der Waals surface area contributed by atoms with Crippen LogP contribution in [0.15, 0.2) is 91.0 Å². The normalized spacial score (nSPS) is 11.6. The minimum absolute atomic E-state index is 0. The molecular formula is C48H58Cl4Zr-2. The van der Waals surface area contributed by atoms with Crippen molar-refractivity contribution in [1.82, 2.24) is 0 Å². The molecule has 5 heteroatoms. The van der Waals surface area contributed by atoms with E-state index < -0.39 is 22.3 Å². The summed E-state index contributed by atoms with van der Waals surface area (Å²) in [5, 5.41) is 1.57. The Morgan fingerprint density at radius 3 is 1.58 bits per heavy atom. The van der Waals surface area contributed by atoms with E-state index in [4.69, 9.17) is 23.2 Å². The fourth-order valence-corrected chi connectivity index (χ4v) is 8.50. The Bertz CT molecular complexity index is 1860. The summed E-state index contributed by atoms with van der Waals surface area (Å²) in [6, 6.07) is 35.7. The van der Waals surface area contributed by atoms with E-state index in [9.17, 15) is 0 Å². The van der Waals surface area contributed by atoms with E-state index in [0.717, 1.165) is 29.3 Å². The first-order chi connectivity index (χ1) is 23.9. The Morgan fingerprint density at radius 2 is 1.15 bits per heavy atom. The molecule has 0 atom stereocenters. The average molecular weight is 868 g/mol. The topological polar surface area (TPSA) is 0 Å². The van der Waals surface area contributed by atoms with Crippen LogP contribution < -0.4 is 0 Å². The molecule has 0 nitrogen and oxygen atoms in total. The molecule has 0 amide bonds. The summed E-state index contributed by atoms with van der Waals surface area (Å²) >= 11 is 11.0. The summed E-state index contributed by atoms with van der Waals surface area (Å²) in [5.74, 6) is 0. The van der Waals surface area contributed by atoms with Crippen molar-refractivity contribution in [3.05, 3.63) is 157 Å². The van der Waals surface area contributed by atoms with Crippen LogP contribution >= 0.6 is 48.0 Å². The third-order valence-corrected chi connectivity index (χ3v) is 12.4. The maximum absolute atomic E-state index is 5.84. The van der Waals surface area contributed by atoms with E-state index >= 15 is 0 Å². The van der Waals surface area contributed by atoms with Crippen molar-refractivity contribution in [3.63, 3.8) is 0 Å². The molecule has 53 heavy (non-hydrogen) atoms. The van der Waals surface area contributed by atoms with Crippen molar-refractivity contribution in [3.8, 4) is 11.1 Å². The van der Waals surface area contributed by atoms with E-state index in [0.29, 0.717) is 5.41 Å². The molecule has 5 aromatic rings. The van der Waals surface area contributed by atoms with Crippen LogP contribution in [0.3, 0.4) is 0 Å². The molecule has 6 rings (SSSR count). The summed E-state index contributed by atoms with van der Waals surface area (Å²) in [4.78, 5) is 0. The van der Waals surface area contributed by atoms with Gasteiger partial charge in [-0.15, -0.1) is 30.4 Å². The van der Waals surface area contributed by atoms with E-state index in [1.165, 1.54) is 61.2 Å². The summed E-state index contributed by atoms with van der Waals surface area (Å²) in [6.45, 7) is 25.0. The quantitative estimate of drug-likeness (QED) is 0.155. The first kappa shape index (κ1) is 47.2. The molecule has 0 saturated heterocycles. The van der Waals surface area contributed by atoms with Gasteiger partial charge in [0.25, 0.3) is 0 Å². The fourth-order valence-electron chi connectivity index (χ4n) is 6.15. The van der Waals surface area contributed by atoms with E-state index in [-0.39, 0.29) is 35.6 Å². The van der Waals surface area contributed by atoms with E-state index in [1.54, 1.807) is 0 Å². The van der Waals surface area contributed by atoms with Crippen LogP contribution in [0.2, 0.25) is 10.0 Å². The van der Waals surface area contributed by atoms with Gasteiger partial charge in [-0.3, -0.25) is 0 Å². The van der Waals surface area contributed by atoms with Crippen molar-refractivity contribution >= 4 is 55.4 Å². The molecule has 0 saturated carbocycles. The molecule has 284 valence electrons. The Balaban J connectivity index is 0.000000278. The molecule has 0 aliphatic heterocycles. The molecule has 0 heterocycles. The Morgan fingerprint density at radius 1 is 0.642 bits per heavy atom. The first-order valence-corrected chi connectivity index (χ1v) is 21.9. The third kappa shape index (κ3) is 13.6. The second-order valence-corrected chi connectivity index (χ2v) is 19.8. The Hall–Kier alpha value is -1.99. The van der Waals surface area contributed by atoms with Crippen LogP contribution in [0.25, 0.3) is 11.1 Å². The molecule has 0 radical (unpaired) electrons. The van der Waals surface area contributed by atoms with Gasteiger partial charge >= 0.3 is 123 Å². The van der Waals surface area contributed by atoms with Gasteiger partial charge in [0.15, 0.2) is 0 Å². The molecular weight excluding hydrogens is 810 g/mol. The zero-order valence-electron chi connectivity index (χ0n) is 33.5. The molecule has 0 spiro atoms. The maximum atomic E-state index is 5.84. The van der Waals surface area contributed by atoms with Gasteiger partial charge in [0.1, 0.15) is 0 Å². The molecule has 0 N–H and O–H groups in total. The molecule has 5 aromatic carbocycles. The predicted octanol–water partition coefficient (Wildman–Crippen LogP) is 14.4. The van der Waals surface area contributed by atoms with Gasteiger partial charge in [0.05, 0.1) is 0 Å². The third-order valence-electron chi connectivity index (χ3n) is 9.40.